The van der Waals surface area contributed by atoms with Crippen LogP contribution in [0.1, 0.15) is 27.2 Å². The van der Waals surface area contributed by atoms with Crippen molar-refractivity contribution in [2.24, 2.45) is 0 Å². The molecule has 1 aliphatic heterocycles. The summed E-state index contributed by atoms with van der Waals surface area (Å²) in [6.07, 6.45) is 0.826. The van der Waals surface area contributed by atoms with Crippen LogP contribution in [0.15, 0.2) is 0 Å². The number of carboxylic acid groups (broad SMARTS) is 1. The van der Waals surface area contributed by atoms with E-state index >= 15 is 0 Å². The van der Waals surface area contributed by atoms with Crippen molar-refractivity contribution in [2.45, 2.75) is 44.9 Å². The maximum absolute atomic E-state index is 11.2. The Kier molecular flexibility index (Phi) is 4.91. The summed E-state index contributed by atoms with van der Waals surface area (Å²) in [6, 6.07) is 0.362. The standard InChI is InChI=1S/C12H24N2O3/c1-9-8-17-10(2)7-14(9)6-5-12(3,13-4)11(15)16/h9-10,13H,5-8H2,1-4H3,(H,15,16). The zero-order valence-corrected chi connectivity index (χ0v) is 11.2. The Morgan fingerprint density at radius 3 is 2.76 bits per heavy atom. The third kappa shape index (κ3) is 3.66. The summed E-state index contributed by atoms with van der Waals surface area (Å²) >= 11 is 0. The molecule has 0 spiro atoms. The fraction of sp³-hybridized carbons (Fsp3) is 0.917. The molecule has 2 N–H and O–H groups in total. The molecule has 1 heterocycles. The molecular weight excluding hydrogens is 220 g/mol. The first-order valence-electron chi connectivity index (χ1n) is 6.17. The SMILES string of the molecule is CNC(C)(CCN1CC(C)OCC1C)C(=O)O. The van der Waals surface area contributed by atoms with Crippen molar-refractivity contribution in [3.63, 3.8) is 0 Å². The van der Waals surface area contributed by atoms with Crippen LogP contribution < -0.4 is 5.32 Å². The predicted molar refractivity (Wildman–Crippen MR) is 66.2 cm³/mol. The molecule has 1 aliphatic rings. The van der Waals surface area contributed by atoms with Crippen LogP contribution in [0.4, 0.5) is 0 Å². The first kappa shape index (κ1) is 14.4. The van der Waals surface area contributed by atoms with Gasteiger partial charge in [-0.1, -0.05) is 0 Å². The molecule has 1 rings (SSSR count). The molecule has 0 bridgehead atoms. The van der Waals surface area contributed by atoms with Crippen LogP contribution in [0.3, 0.4) is 0 Å². The highest BCUT2D eigenvalue weighted by Gasteiger charge is 2.33. The average Bonchev–Trinajstić information content (AvgIpc) is 2.29. The lowest BCUT2D eigenvalue weighted by atomic mass is 9.97. The lowest BCUT2D eigenvalue weighted by Crippen LogP contribution is -2.53. The van der Waals surface area contributed by atoms with Gasteiger partial charge >= 0.3 is 5.97 Å². The van der Waals surface area contributed by atoms with Crippen molar-refractivity contribution < 1.29 is 14.6 Å². The van der Waals surface area contributed by atoms with Gasteiger partial charge in [0.05, 0.1) is 12.7 Å². The van der Waals surface area contributed by atoms with Gasteiger partial charge < -0.3 is 15.2 Å². The molecule has 0 aliphatic carbocycles. The van der Waals surface area contributed by atoms with E-state index in [0.29, 0.717) is 12.5 Å². The lowest BCUT2D eigenvalue weighted by Gasteiger charge is -2.38. The second-order valence-corrected chi connectivity index (χ2v) is 5.13. The average molecular weight is 244 g/mol. The van der Waals surface area contributed by atoms with E-state index in [2.05, 4.69) is 17.1 Å². The van der Waals surface area contributed by atoms with Gasteiger partial charge in [0.2, 0.25) is 0 Å². The van der Waals surface area contributed by atoms with E-state index in [1.807, 2.05) is 6.92 Å². The largest absolute Gasteiger partial charge is 0.480 e. The van der Waals surface area contributed by atoms with E-state index < -0.39 is 11.5 Å². The number of morpholine rings is 1. The van der Waals surface area contributed by atoms with Crippen LogP contribution in [-0.2, 0) is 9.53 Å². The smallest absolute Gasteiger partial charge is 0.323 e. The third-order valence-electron chi connectivity index (χ3n) is 3.66. The molecular formula is C12H24N2O3. The molecule has 3 unspecified atom stereocenters. The van der Waals surface area contributed by atoms with E-state index in [4.69, 9.17) is 4.74 Å². The van der Waals surface area contributed by atoms with Crippen molar-refractivity contribution in [1.82, 2.24) is 10.2 Å². The zero-order chi connectivity index (χ0) is 13.1. The van der Waals surface area contributed by atoms with Crippen LogP contribution in [0.5, 0.6) is 0 Å². The van der Waals surface area contributed by atoms with Crippen molar-refractivity contribution in [3.05, 3.63) is 0 Å². The molecule has 0 aromatic carbocycles. The van der Waals surface area contributed by atoms with Gasteiger partial charge in [0.1, 0.15) is 5.54 Å². The summed E-state index contributed by atoms with van der Waals surface area (Å²) in [6.45, 7) is 8.27. The van der Waals surface area contributed by atoms with Gasteiger partial charge in [-0.25, -0.2) is 0 Å². The Morgan fingerprint density at radius 1 is 1.59 bits per heavy atom. The zero-order valence-electron chi connectivity index (χ0n) is 11.2. The summed E-state index contributed by atoms with van der Waals surface area (Å²) in [5, 5.41) is 12.1. The van der Waals surface area contributed by atoms with Gasteiger partial charge in [-0.15, -0.1) is 0 Å². The van der Waals surface area contributed by atoms with Crippen LogP contribution in [-0.4, -0.2) is 60.4 Å². The topological polar surface area (TPSA) is 61.8 Å². The molecule has 1 fully saturated rings. The fourth-order valence-corrected chi connectivity index (χ4v) is 1.99. The van der Waals surface area contributed by atoms with E-state index in [0.717, 1.165) is 19.7 Å². The van der Waals surface area contributed by atoms with Crippen molar-refractivity contribution >= 4 is 5.97 Å². The minimum absolute atomic E-state index is 0.233. The molecule has 0 amide bonds. The maximum Gasteiger partial charge on any atom is 0.323 e. The normalized spacial score (nSPS) is 29.9. The van der Waals surface area contributed by atoms with Gasteiger partial charge in [-0.05, 0) is 34.2 Å². The highest BCUT2D eigenvalue weighted by Crippen LogP contribution is 2.16. The Bertz CT molecular complexity index is 272. The summed E-state index contributed by atoms with van der Waals surface area (Å²) in [5.41, 5.74) is -0.846. The number of carbonyl (C=O) groups is 1. The van der Waals surface area contributed by atoms with Crippen LogP contribution in [0.2, 0.25) is 0 Å². The summed E-state index contributed by atoms with van der Waals surface area (Å²) in [7, 11) is 1.69. The summed E-state index contributed by atoms with van der Waals surface area (Å²) in [4.78, 5) is 13.5. The van der Waals surface area contributed by atoms with E-state index in [-0.39, 0.29) is 6.10 Å². The van der Waals surface area contributed by atoms with E-state index in [1.165, 1.54) is 0 Å². The molecule has 5 nitrogen and oxygen atoms in total. The Labute approximate surface area is 103 Å². The van der Waals surface area contributed by atoms with Crippen LogP contribution >= 0.6 is 0 Å². The highest BCUT2D eigenvalue weighted by molar-refractivity contribution is 5.78. The van der Waals surface area contributed by atoms with E-state index in [9.17, 15) is 9.90 Å². The van der Waals surface area contributed by atoms with Crippen molar-refractivity contribution in [3.8, 4) is 0 Å². The molecule has 0 saturated carbocycles. The molecule has 100 valence electrons. The van der Waals surface area contributed by atoms with Gasteiger partial charge in [0, 0.05) is 19.1 Å². The molecule has 5 heteroatoms. The molecule has 0 radical (unpaired) electrons. The lowest BCUT2D eigenvalue weighted by molar-refractivity contribution is -0.144. The minimum Gasteiger partial charge on any atom is -0.480 e. The fourth-order valence-electron chi connectivity index (χ4n) is 1.99. The highest BCUT2D eigenvalue weighted by atomic mass is 16.5. The molecule has 3 atom stereocenters. The second-order valence-electron chi connectivity index (χ2n) is 5.13. The van der Waals surface area contributed by atoms with Crippen LogP contribution in [0, 0.1) is 0 Å². The number of aliphatic carboxylic acids is 1. The van der Waals surface area contributed by atoms with Crippen LogP contribution in [0.25, 0.3) is 0 Å². The number of hydrogen-bond donors (Lipinski definition) is 2. The number of nitrogens with one attached hydrogen (secondary N) is 1. The Hall–Kier alpha value is -0.650. The monoisotopic (exact) mass is 244 g/mol. The first-order valence-corrected chi connectivity index (χ1v) is 6.17. The minimum atomic E-state index is -0.846. The van der Waals surface area contributed by atoms with Gasteiger partial charge in [0.15, 0.2) is 0 Å². The molecule has 17 heavy (non-hydrogen) atoms. The van der Waals surface area contributed by atoms with Crippen molar-refractivity contribution in [1.29, 1.82) is 0 Å². The van der Waals surface area contributed by atoms with Gasteiger partial charge in [-0.3, -0.25) is 9.69 Å². The number of carboxylic acids is 1. The number of rotatable bonds is 5. The number of ether oxygens (including phenoxy) is 1. The Balaban J connectivity index is 2.51. The first-order chi connectivity index (χ1) is 7.89. The summed E-state index contributed by atoms with van der Waals surface area (Å²) < 4.78 is 5.55. The second kappa shape index (κ2) is 5.80. The number of nitrogens with zero attached hydrogens (tertiary/aromatic N) is 1. The Morgan fingerprint density at radius 2 is 2.24 bits per heavy atom. The summed E-state index contributed by atoms with van der Waals surface area (Å²) in [5.74, 6) is -0.797. The maximum atomic E-state index is 11.2. The number of likely N-dealkylation sites (N-methyl/N-ethyl adjacent to an activating group) is 1. The van der Waals surface area contributed by atoms with Gasteiger partial charge in [0.25, 0.3) is 0 Å². The third-order valence-corrected chi connectivity index (χ3v) is 3.66. The van der Waals surface area contributed by atoms with Gasteiger partial charge in [-0.2, -0.15) is 0 Å². The number of hydrogen-bond acceptors (Lipinski definition) is 4. The molecule has 0 aromatic rings. The molecule has 0 aromatic heterocycles. The van der Waals surface area contributed by atoms with Crippen molar-refractivity contribution in [2.75, 3.05) is 26.7 Å². The quantitative estimate of drug-likeness (QED) is 0.739. The molecule has 1 saturated heterocycles. The predicted octanol–water partition coefficient (Wildman–Crippen LogP) is 0.548. The van der Waals surface area contributed by atoms with E-state index in [1.54, 1.807) is 14.0 Å².